The fourth-order valence-electron chi connectivity index (χ4n) is 5.40. The number of benzene rings is 1. The molecule has 0 saturated carbocycles. The summed E-state index contributed by atoms with van der Waals surface area (Å²) in [6.45, 7) is 10.6. The average molecular weight is 573 g/mol. The minimum Gasteiger partial charge on any atom is -0.444 e. The molecule has 5 rings (SSSR count). The number of carbonyl (C=O) groups excluding carboxylic acids is 1. The van der Waals surface area contributed by atoms with Crippen LogP contribution in [0.2, 0.25) is 0 Å². The molecule has 1 atom stereocenters. The van der Waals surface area contributed by atoms with Gasteiger partial charge in [0, 0.05) is 38.6 Å². The van der Waals surface area contributed by atoms with Gasteiger partial charge in [-0.1, -0.05) is 12.0 Å². The molecular formula is C30H36N8O4. The van der Waals surface area contributed by atoms with Crippen molar-refractivity contribution < 1.29 is 9.53 Å². The van der Waals surface area contributed by atoms with Gasteiger partial charge in [0.05, 0.1) is 24.1 Å². The molecule has 220 valence electrons. The van der Waals surface area contributed by atoms with Gasteiger partial charge in [-0.25, -0.2) is 9.59 Å². The molecule has 0 aliphatic carbocycles. The van der Waals surface area contributed by atoms with E-state index >= 15 is 0 Å². The fourth-order valence-corrected chi connectivity index (χ4v) is 5.40. The number of aromatic nitrogens is 6. The Labute approximate surface area is 243 Å². The molecule has 1 aliphatic heterocycles. The first-order valence-corrected chi connectivity index (χ1v) is 14.0. The summed E-state index contributed by atoms with van der Waals surface area (Å²) in [7, 11) is 1.62. The summed E-state index contributed by atoms with van der Waals surface area (Å²) in [5.74, 6) is 6.49. The van der Waals surface area contributed by atoms with E-state index in [2.05, 4.69) is 27.1 Å². The molecule has 4 heterocycles. The van der Waals surface area contributed by atoms with E-state index in [1.807, 2.05) is 44.7 Å². The quantitative estimate of drug-likeness (QED) is 0.362. The van der Waals surface area contributed by atoms with Crippen LogP contribution >= 0.6 is 0 Å². The van der Waals surface area contributed by atoms with Crippen molar-refractivity contribution in [3.8, 4) is 11.8 Å². The molecule has 0 radical (unpaired) electrons. The third-order valence-corrected chi connectivity index (χ3v) is 7.22. The lowest BCUT2D eigenvalue weighted by Crippen LogP contribution is -2.49. The highest BCUT2D eigenvalue weighted by molar-refractivity contribution is 5.78. The Morgan fingerprint density at radius 3 is 2.67 bits per heavy atom. The Bertz CT molecular complexity index is 1850. The summed E-state index contributed by atoms with van der Waals surface area (Å²) in [6, 6.07) is 3.60. The molecule has 42 heavy (non-hydrogen) atoms. The second kappa shape index (κ2) is 11.3. The van der Waals surface area contributed by atoms with Crippen molar-refractivity contribution in [2.24, 2.45) is 7.05 Å². The molecule has 3 aromatic heterocycles. The van der Waals surface area contributed by atoms with Gasteiger partial charge < -0.3 is 15.0 Å². The van der Waals surface area contributed by atoms with Crippen LogP contribution in [-0.4, -0.2) is 59.5 Å². The molecule has 0 bridgehead atoms. The first-order valence-electron chi connectivity index (χ1n) is 14.0. The number of fused-ring (bicyclic) bond motifs is 2. The van der Waals surface area contributed by atoms with Gasteiger partial charge in [-0.2, -0.15) is 4.98 Å². The van der Waals surface area contributed by atoms with E-state index in [9.17, 15) is 14.4 Å². The van der Waals surface area contributed by atoms with Crippen LogP contribution in [0.25, 0.3) is 22.2 Å². The van der Waals surface area contributed by atoms with Crippen molar-refractivity contribution in [3.05, 3.63) is 56.5 Å². The SMILES string of the molecule is CC#CCn1c(N2CCCC(NC(=O)OC(C)(C)C)C2)nc2c1c(=O)n(Cc1cc(C)c3nccnc3c1)c(=O)n2C. The predicted octanol–water partition coefficient (Wildman–Crippen LogP) is 2.71. The van der Waals surface area contributed by atoms with Crippen LogP contribution in [0.1, 0.15) is 51.7 Å². The third-order valence-electron chi connectivity index (χ3n) is 7.22. The van der Waals surface area contributed by atoms with Crippen LogP contribution in [-0.2, 0) is 24.9 Å². The largest absolute Gasteiger partial charge is 0.444 e. The molecule has 12 nitrogen and oxygen atoms in total. The van der Waals surface area contributed by atoms with E-state index in [4.69, 9.17) is 9.72 Å². The summed E-state index contributed by atoms with van der Waals surface area (Å²) < 4.78 is 9.85. The topological polar surface area (TPSA) is 129 Å². The number of nitrogens with zero attached hydrogens (tertiary/aromatic N) is 7. The van der Waals surface area contributed by atoms with Gasteiger partial charge in [0.25, 0.3) is 5.56 Å². The Morgan fingerprint density at radius 1 is 1.17 bits per heavy atom. The van der Waals surface area contributed by atoms with Crippen molar-refractivity contribution in [1.29, 1.82) is 0 Å². The van der Waals surface area contributed by atoms with Crippen LogP contribution in [0.3, 0.4) is 0 Å². The van der Waals surface area contributed by atoms with Gasteiger partial charge in [0.1, 0.15) is 5.60 Å². The van der Waals surface area contributed by atoms with Crippen LogP contribution < -0.4 is 21.5 Å². The number of anilines is 1. The Kier molecular flexibility index (Phi) is 7.77. The zero-order valence-corrected chi connectivity index (χ0v) is 24.9. The van der Waals surface area contributed by atoms with Crippen molar-refractivity contribution >= 4 is 34.2 Å². The number of nitrogens with one attached hydrogen (secondary N) is 1. The Morgan fingerprint density at radius 2 is 1.93 bits per heavy atom. The van der Waals surface area contributed by atoms with Crippen LogP contribution in [0, 0.1) is 18.8 Å². The second-order valence-corrected chi connectivity index (χ2v) is 11.6. The molecule has 1 fully saturated rings. The maximum atomic E-state index is 14.0. The number of aryl methyl sites for hydroxylation is 2. The highest BCUT2D eigenvalue weighted by Gasteiger charge is 2.29. The molecule has 1 unspecified atom stereocenters. The number of carbonyl (C=O) groups is 1. The molecule has 1 aromatic carbocycles. The van der Waals surface area contributed by atoms with E-state index < -0.39 is 22.9 Å². The van der Waals surface area contributed by atoms with Gasteiger partial charge in [-0.15, -0.1) is 5.92 Å². The Balaban J connectivity index is 1.55. The Hall–Kier alpha value is -4.66. The summed E-state index contributed by atoms with van der Waals surface area (Å²) in [5, 5.41) is 2.96. The summed E-state index contributed by atoms with van der Waals surface area (Å²) >= 11 is 0. The van der Waals surface area contributed by atoms with Crippen molar-refractivity contribution in [2.75, 3.05) is 18.0 Å². The molecule has 12 heteroatoms. The summed E-state index contributed by atoms with van der Waals surface area (Å²) in [6.07, 6.45) is 4.37. The molecule has 1 saturated heterocycles. The lowest BCUT2D eigenvalue weighted by molar-refractivity contribution is 0.0499. The van der Waals surface area contributed by atoms with Gasteiger partial charge in [-0.05, 0) is 64.7 Å². The van der Waals surface area contributed by atoms with Crippen LogP contribution in [0.5, 0.6) is 0 Å². The molecular weight excluding hydrogens is 536 g/mol. The van der Waals surface area contributed by atoms with Crippen molar-refractivity contribution in [2.45, 2.75) is 72.2 Å². The van der Waals surface area contributed by atoms with Crippen LogP contribution in [0.4, 0.5) is 10.7 Å². The molecule has 0 spiro atoms. The normalized spacial score (nSPS) is 15.5. The number of ether oxygens (including phenoxy) is 1. The summed E-state index contributed by atoms with van der Waals surface area (Å²) in [4.78, 5) is 55.6. The molecule has 1 aliphatic rings. The highest BCUT2D eigenvalue weighted by Crippen LogP contribution is 2.24. The van der Waals surface area contributed by atoms with Crippen LogP contribution in [0.15, 0.2) is 34.1 Å². The van der Waals surface area contributed by atoms with E-state index in [0.717, 1.165) is 29.5 Å². The van der Waals surface area contributed by atoms with E-state index in [-0.39, 0.29) is 24.8 Å². The number of hydrogen-bond donors (Lipinski definition) is 1. The van der Waals surface area contributed by atoms with Gasteiger partial charge in [0.2, 0.25) is 5.95 Å². The first kappa shape index (κ1) is 28.9. The van der Waals surface area contributed by atoms with Gasteiger partial charge >= 0.3 is 11.8 Å². The molecule has 1 amide bonds. The number of rotatable bonds is 5. The fraction of sp³-hybridized carbons (Fsp3) is 0.467. The number of alkyl carbamates (subject to hydrolysis) is 1. The minimum atomic E-state index is -0.602. The maximum absolute atomic E-state index is 14.0. The maximum Gasteiger partial charge on any atom is 0.407 e. The molecule has 4 aromatic rings. The third kappa shape index (κ3) is 5.72. The van der Waals surface area contributed by atoms with Gasteiger partial charge in [0.15, 0.2) is 11.2 Å². The van der Waals surface area contributed by atoms with Gasteiger partial charge in [-0.3, -0.25) is 28.5 Å². The number of amides is 1. The predicted molar refractivity (Wildman–Crippen MR) is 161 cm³/mol. The molecule has 1 N–H and O–H groups in total. The lowest BCUT2D eigenvalue weighted by atomic mass is 10.1. The van der Waals surface area contributed by atoms with Crippen molar-refractivity contribution in [1.82, 2.24) is 34.0 Å². The number of piperidine rings is 1. The monoisotopic (exact) mass is 572 g/mol. The zero-order valence-electron chi connectivity index (χ0n) is 24.9. The standard InChI is InChI=1S/C30H36N8O4/c1-7-8-14-37-24-25(34-27(37)36-13-9-10-21(18-36)33-28(40)42-30(3,4)5)35(6)29(41)38(26(24)39)17-20-15-19(2)23-22(16-20)31-11-12-32-23/h11-12,15-16,21H,9-10,13-14,17-18H2,1-6H3,(H,33,40). The first-order chi connectivity index (χ1) is 20.0. The summed E-state index contributed by atoms with van der Waals surface area (Å²) in [5.41, 5.74) is 2.23. The average Bonchev–Trinajstić information content (AvgIpc) is 3.32. The lowest BCUT2D eigenvalue weighted by Gasteiger charge is -2.34. The van der Waals surface area contributed by atoms with E-state index in [1.54, 1.807) is 30.9 Å². The smallest absolute Gasteiger partial charge is 0.407 e. The minimum absolute atomic E-state index is 0.0698. The van der Waals surface area contributed by atoms with Crippen molar-refractivity contribution in [3.63, 3.8) is 0 Å². The highest BCUT2D eigenvalue weighted by atomic mass is 16.6. The number of imidazole rings is 1. The van der Waals surface area contributed by atoms with E-state index in [0.29, 0.717) is 30.1 Å². The van der Waals surface area contributed by atoms with E-state index in [1.165, 1.54) is 9.13 Å². The number of hydrogen-bond acceptors (Lipinski definition) is 8. The second-order valence-electron chi connectivity index (χ2n) is 11.6. The zero-order chi connectivity index (χ0) is 30.2.